The van der Waals surface area contributed by atoms with Crippen LogP contribution in [0.2, 0.25) is 0 Å². The number of piperidine rings is 1. The smallest absolute Gasteiger partial charge is 0.272 e. The fraction of sp³-hybridized carbons (Fsp3) is 0.542. The van der Waals surface area contributed by atoms with E-state index in [4.69, 9.17) is 10.7 Å². The summed E-state index contributed by atoms with van der Waals surface area (Å²) in [6, 6.07) is 6.82. The van der Waals surface area contributed by atoms with Crippen LogP contribution in [0.1, 0.15) is 45.6 Å². The summed E-state index contributed by atoms with van der Waals surface area (Å²) in [6.45, 7) is 7.79. The van der Waals surface area contributed by atoms with Crippen LogP contribution in [-0.4, -0.2) is 39.8 Å². The number of nitrogens with two attached hydrogens (primary N) is 1. The maximum absolute atomic E-state index is 14.5. The van der Waals surface area contributed by atoms with E-state index in [1.807, 2.05) is 6.07 Å². The van der Waals surface area contributed by atoms with Crippen molar-refractivity contribution in [2.24, 2.45) is 23.5 Å². The molecule has 3 aromatic heterocycles. The van der Waals surface area contributed by atoms with E-state index in [1.165, 1.54) is 6.07 Å². The van der Waals surface area contributed by atoms with Crippen molar-refractivity contribution in [3.8, 4) is 11.4 Å². The summed E-state index contributed by atoms with van der Waals surface area (Å²) in [7, 11) is 0. The number of hydrogen-bond donors (Lipinski definition) is 2. The molecule has 3 N–H and O–H groups in total. The first-order valence-electron chi connectivity index (χ1n) is 11.4. The van der Waals surface area contributed by atoms with Crippen LogP contribution in [0.5, 0.6) is 0 Å². The predicted octanol–water partition coefficient (Wildman–Crippen LogP) is 4.97. The number of halogens is 2. The van der Waals surface area contributed by atoms with Gasteiger partial charge in [-0.15, -0.1) is 0 Å². The molecular weight excluding hydrogens is 410 g/mol. The largest absolute Gasteiger partial charge is 0.356 e. The number of rotatable bonds is 7. The number of aromatic nitrogens is 4. The number of nitrogens with one attached hydrogen (secondary N) is 1. The predicted molar refractivity (Wildman–Crippen MR) is 124 cm³/mol. The highest BCUT2D eigenvalue weighted by Crippen LogP contribution is 2.39. The van der Waals surface area contributed by atoms with Crippen molar-refractivity contribution in [2.45, 2.75) is 46.0 Å². The molecule has 1 aliphatic rings. The highest BCUT2D eigenvalue weighted by atomic mass is 19.3. The minimum atomic E-state index is -3.03. The van der Waals surface area contributed by atoms with Gasteiger partial charge in [0.15, 0.2) is 5.65 Å². The Hall–Kier alpha value is -2.61. The monoisotopic (exact) mass is 442 g/mol. The van der Waals surface area contributed by atoms with E-state index in [9.17, 15) is 8.78 Å². The lowest BCUT2D eigenvalue weighted by Crippen LogP contribution is -2.42. The zero-order valence-corrected chi connectivity index (χ0v) is 19.0. The number of anilines is 1. The van der Waals surface area contributed by atoms with Gasteiger partial charge < -0.3 is 10.6 Å². The summed E-state index contributed by atoms with van der Waals surface area (Å²) in [4.78, 5) is 11.2. The molecule has 8 heteroatoms. The summed E-state index contributed by atoms with van der Waals surface area (Å²) in [5, 5.41) is 7.76. The van der Waals surface area contributed by atoms with Gasteiger partial charge in [-0.05, 0) is 67.8 Å². The van der Waals surface area contributed by atoms with Crippen LogP contribution in [-0.2, 0) is 5.92 Å². The second kappa shape index (κ2) is 9.10. The van der Waals surface area contributed by atoms with Crippen LogP contribution < -0.4 is 10.6 Å². The molecule has 6 nitrogen and oxygen atoms in total. The fourth-order valence-electron chi connectivity index (χ4n) is 4.96. The summed E-state index contributed by atoms with van der Waals surface area (Å²) in [6.07, 6.45) is 4.81. The molecule has 172 valence electrons. The summed E-state index contributed by atoms with van der Waals surface area (Å²) in [5.41, 5.74) is 6.94. The van der Waals surface area contributed by atoms with Gasteiger partial charge in [0.1, 0.15) is 11.5 Å². The fourth-order valence-corrected chi connectivity index (χ4v) is 4.96. The maximum Gasteiger partial charge on any atom is 0.272 e. The molecule has 0 amide bonds. The maximum atomic E-state index is 14.5. The third-order valence-corrected chi connectivity index (χ3v) is 6.45. The van der Waals surface area contributed by atoms with Gasteiger partial charge in [0, 0.05) is 37.2 Å². The number of aromatic amines is 1. The van der Waals surface area contributed by atoms with Crippen molar-refractivity contribution in [3.63, 3.8) is 0 Å². The molecule has 1 fully saturated rings. The number of hydrogen-bond acceptors (Lipinski definition) is 5. The van der Waals surface area contributed by atoms with Crippen molar-refractivity contribution < 1.29 is 8.78 Å². The summed E-state index contributed by atoms with van der Waals surface area (Å²) < 4.78 is 29.0. The Kier molecular flexibility index (Phi) is 6.42. The molecule has 2 atom stereocenters. The Bertz CT molecular complexity index is 1060. The van der Waals surface area contributed by atoms with E-state index in [0.29, 0.717) is 41.0 Å². The minimum absolute atomic E-state index is 0.118. The summed E-state index contributed by atoms with van der Waals surface area (Å²) >= 11 is 0. The third-order valence-electron chi connectivity index (χ3n) is 6.45. The van der Waals surface area contributed by atoms with Gasteiger partial charge in [-0.1, -0.05) is 13.8 Å². The second-order valence-corrected chi connectivity index (χ2v) is 9.39. The molecule has 0 aromatic carbocycles. The lowest BCUT2D eigenvalue weighted by atomic mass is 9.78. The first kappa shape index (κ1) is 22.6. The highest BCUT2D eigenvalue weighted by molar-refractivity contribution is 5.90. The molecular formula is C24H32F2N6. The molecule has 3 aromatic rings. The average molecular weight is 443 g/mol. The Morgan fingerprint density at radius 3 is 2.78 bits per heavy atom. The molecule has 0 bridgehead atoms. The van der Waals surface area contributed by atoms with Crippen molar-refractivity contribution in [1.29, 1.82) is 0 Å². The van der Waals surface area contributed by atoms with E-state index in [-0.39, 0.29) is 11.3 Å². The van der Waals surface area contributed by atoms with Crippen LogP contribution >= 0.6 is 0 Å². The minimum Gasteiger partial charge on any atom is -0.356 e. The van der Waals surface area contributed by atoms with Gasteiger partial charge in [-0.3, -0.25) is 5.10 Å². The topological polar surface area (TPSA) is 83.7 Å². The lowest BCUT2D eigenvalue weighted by molar-refractivity contribution is 0.0178. The summed E-state index contributed by atoms with van der Waals surface area (Å²) in [5.74, 6) is -0.607. The highest BCUT2D eigenvalue weighted by Gasteiger charge is 2.33. The van der Waals surface area contributed by atoms with Gasteiger partial charge in [0.05, 0.1) is 5.69 Å². The number of fused-ring (bicyclic) bond motifs is 1. The zero-order chi connectivity index (χ0) is 22.9. The van der Waals surface area contributed by atoms with Crippen LogP contribution in [0.4, 0.5) is 14.6 Å². The van der Waals surface area contributed by atoms with Crippen LogP contribution in [0.25, 0.3) is 22.4 Å². The molecule has 0 aliphatic carbocycles. The lowest BCUT2D eigenvalue weighted by Gasteiger charge is -2.40. The molecule has 0 spiro atoms. The van der Waals surface area contributed by atoms with E-state index < -0.39 is 5.92 Å². The molecule has 0 saturated carbocycles. The van der Waals surface area contributed by atoms with Gasteiger partial charge in [0.25, 0.3) is 5.92 Å². The third kappa shape index (κ3) is 4.60. The first-order chi connectivity index (χ1) is 15.3. The van der Waals surface area contributed by atoms with Crippen molar-refractivity contribution in [2.75, 3.05) is 24.5 Å². The van der Waals surface area contributed by atoms with Crippen LogP contribution in [0.3, 0.4) is 0 Å². The number of pyridine rings is 2. The Balaban J connectivity index is 1.72. The molecule has 4 heterocycles. The Morgan fingerprint density at radius 2 is 2.06 bits per heavy atom. The Morgan fingerprint density at radius 1 is 1.25 bits per heavy atom. The van der Waals surface area contributed by atoms with E-state index >= 15 is 0 Å². The first-order valence-corrected chi connectivity index (χ1v) is 11.4. The van der Waals surface area contributed by atoms with Crippen LogP contribution in [0.15, 0.2) is 30.5 Å². The van der Waals surface area contributed by atoms with E-state index in [0.717, 1.165) is 45.1 Å². The van der Waals surface area contributed by atoms with Gasteiger partial charge in [-0.2, -0.15) is 5.10 Å². The average Bonchev–Trinajstić information content (AvgIpc) is 3.18. The van der Waals surface area contributed by atoms with Crippen molar-refractivity contribution in [1.82, 2.24) is 20.2 Å². The van der Waals surface area contributed by atoms with Crippen molar-refractivity contribution in [3.05, 3.63) is 36.0 Å². The molecule has 32 heavy (non-hydrogen) atoms. The molecule has 1 saturated heterocycles. The standard InChI is InChI=1S/C24H32F2N6/c1-15(2)13-17-14-32(12-9-16(17)8-10-27)20-7-6-19(24(3,25)26)22(29-20)21-18-5-4-11-28-23(18)31-30-21/h4-7,11,15-17H,8-10,12-14,27H2,1-3H3,(H,28,30,31). The number of H-pyrrole nitrogens is 1. The van der Waals surface area contributed by atoms with Gasteiger partial charge >= 0.3 is 0 Å². The Labute approximate surface area is 187 Å². The SMILES string of the molecule is CC(C)CC1CN(c2ccc(C(C)(F)F)c(-c3[nH]nc4ncccc34)n2)CCC1CCN. The molecule has 0 radical (unpaired) electrons. The number of alkyl halides is 2. The second-order valence-electron chi connectivity index (χ2n) is 9.39. The quantitative estimate of drug-likeness (QED) is 0.540. The number of nitrogens with zero attached hydrogens (tertiary/aromatic N) is 4. The van der Waals surface area contributed by atoms with Crippen LogP contribution in [0, 0.1) is 17.8 Å². The van der Waals surface area contributed by atoms with Crippen molar-refractivity contribution >= 4 is 16.9 Å². The molecule has 1 aliphatic heterocycles. The zero-order valence-electron chi connectivity index (χ0n) is 19.0. The van der Waals surface area contributed by atoms with E-state index in [1.54, 1.807) is 18.3 Å². The van der Waals surface area contributed by atoms with Gasteiger partial charge in [0.2, 0.25) is 0 Å². The van der Waals surface area contributed by atoms with E-state index in [2.05, 4.69) is 33.9 Å². The van der Waals surface area contributed by atoms with Gasteiger partial charge in [-0.25, -0.2) is 18.7 Å². The normalized spacial score (nSPS) is 19.8. The molecule has 4 rings (SSSR count). The molecule has 2 unspecified atom stereocenters.